The highest BCUT2D eigenvalue weighted by Crippen LogP contribution is 2.38. The van der Waals surface area contributed by atoms with Crippen molar-refractivity contribution in [3.8, 4) is 0 Å². The Morgan fingerprint density at radius 3 is 1.03 bits per heavy atom. The van der Waals surface area contributed by atoms with Crippen LogP contribution < -0.4 is 10.2 Å². The predicted octanol–water partition coefficient (Wildman–Crippen LogP) is 23.7. The number of hydrogen-bond donors (Lipinski definition) is 2. The van der Waals surface area contributed by atoms with Crippen LogP contribution in [-0.2, 0) is 18.4 Å². The summed E-state index contributed by atoms with van der Waals surface area (Å²) in [5.41, 5.74) is 0. The van der Waals surface area contributed by atoms with Gasteiger partial charge in [0, 0.05) is 6.42 Å². The maximum Gasteiger partial charge on any atom is 0.268 e. The number of phosphoric acid groups is 1. The lowest BCUT2D eigenvalue weighted by atomic mass is 10.0. The molecule has 0 bridgehead atoms. The molecule has 0 spiro atoms. The van der Waals surface area contributed by atoms with Gasteiger partial charge in [-0.1, -0.05) is 370 Å². The molecule has 0 rings (SSSR count). The van der Waals surface area contributed by atoms with E-state index in [0.717, 1.165) is 64.2 Å². The van der Waals surface area contributed by atoms with Gasteiger partial charge < -0.3 is 28.8 Å². The molecule has 0 radical (unpaired) electrons. The van der Waals surface area contributed by atoms with Gasteiger partial charge in [0.1, 0.15) is 13.2 Å². The van der Waals surface area contributed by atoms with Gasteiger partial charge in [0.15, 0.2) is 0 Å². The van der Waals surface area contributed by atoms with Crippen molar-refractivity contribution < 1.29 is 32.9 Å². The predicted molar refractivity (Wildman–Crippen MR) is 376 cm³/mol. The zero-order valence-electron chi connectivity index (χ0n) is 58.0. The molecule has 0 aromatic heterocycles. The Morgan fingerprint density at radius 1 is 0.419 bits per heavy atom. The highest BCUT2D eigenvalue weighted by atomic mass is 31.2. The number of quaternary nitrogens is 1. The number of nitrogens with one attached hydrogen (secondary N) is 1. The van der Waals surface area contributed by atoms with Crippen LogP contribution in [0.5, 0.6) is 0 Å². The highest BCUT2D eigenvalue weighted by molar-refractivity contribution is 7.45. The van der Waals surface area contributed by atoms with Crippen LogP contribution in [0, 0.1) is 0 Å². The Labute approximate surface area is 536 Å². The van der Waals surface area contributed by atoms with Gasteiger partial charge in [-0.25, -0.2) is 0 Å². The van der Waals surface area contributed by atoms with Crippen LogP contribution in [0.2, 0.25) is 0 Å². The van der Waals surface area contributed by atoms with Crippen molar-refractivity contribution in [3.63, 3.8) is 0 Å². The monoisotopic (exact) mass is 1230 g/mol. The zero-order valence-corrected chi connectivity index (χ0v) is 58.9. The number of rotatable bonds is 70. The van der Waals surface area contributed by atoms with Crippen molar-refractivity contribution in [1.82, 2.24) is 5.32 Å². The molecule has 9 heteroatoms. The van der Waals surface area contributed by atoms with E-state index in [1.165, 1.54) is 289 Å². The summed E-state index contributed by atoms with van der Waals surface area (Å²) in [6.45, 7) is 4.59. The van der Waals surface area contributed by atoms with E-state index in [2.05, 4.69) is 67.8 Å². The molecule has 0 saturated carbocycles. The Kier molecular flexibility index (Phi) is 66.2. The topological polar surface area (TPSA) is 108 Å². The largest absolute Gasteiger partial charge is 0.756 e. The van der Waals surface area contributed by atoms with E-state index in [0.29, 0.717) is 17.4 Å². The molecule has 506 valence electrons. The van der Waals surface area contributed by atoms with E-state index in [9.17, 15) is 19.4 Å². The molecule has 0 aliphatic carbocycles. The minimum Gasteiger partial charge on any atom is -0.756 e. The van der Waals surface area contributed by atoms with Crippen LogP contribution >= 0.6 is 7.82 Å². The first-order valence-corrected chi connectivity index (χ1v) is 39.1. The van der Waals surface area contributed by atoms with E-state index >= 15 is 0 Å². The number of nitrogens with zero attached hydrogens (tertiary/aromatic N) is 1. The third-order valence-corrected chi connectivity index (χ3v) is 18.2. The first-order chi connectivity index (χ1) is 42.0. The average Bonchev–Trinajstić information content (AvgIpc) is 3.70. The highest BCUT2D eigenvalue weighted by Gasteiger charge is 2.23. The third kappa shape index (κ3) is 69.7. The van der Waals surface area contributed by atoms with Crippen LogP contribution in [0.4, 0.5) is 0 Å². The van der Waals surface area contributed by atoms with Crippen molar-refractivity contribution >= 4 is 13.7 Å². The number of phosphoric ester groups is 1. The Hall–Kier alpha value is -1.80. The first-order valence-electron chi connectivity index (χ1n) is 37.7. The SMILES string of the molecule is CC/C=C\C/C=C\C/C=C\C/C=C\CCCCCCCCCCCCCCCCCCCCCCCCCCC(=O)NC(COP(=O)([O-])OCC[N+](C)(C)C)C(O)/C=C/CCCCCCCCCCCCCCCCCCCCCCCCCCC. The number of aliphatic hydroxyl groups excluding tert-OH is 1. The van der Waals surface area contributed by atoms with Crippen molar-refractivity contribution in [2.45, 2.75) is 386 Å². The zero-order chi connectivity index (χ0) is 62.6. The first kappa shape index (κ1) is 84.2. The van der Waals surface area contributed by atoms with Crippen LogP contribution in [0.15, 0.2) is 60.8 Å². The van der Waals surface area contributed by atoms with Crippen molar-refractivity contribution in [2.24, 2.45) is 0 Å². The van der Waals surface area contributed by atoms with Gasteiger partial charge >= 0.3 is 0 Å². The number of hydrogen-bond acceptors (Lipinski definition) is 6. The summed E-state index contributed by atoms with van der Waals surface area (Å²) in [5.74, 6) is -0.190. The van der Waals surface area contributed by atoms with Crippen molar-refractivity contribution in [3.05, 3.63) is 60.8 Å². The maximum atomic E-state index is 13.1. The van der Waals surface area contributed by atoms with Gasteiger partial charge in [-0.3, -0.25) is 9.36 Å². The van der Waals surface area contributed by atoms with Crippen LogP contribution in [0.3, 0.4) is 0 Å². The molecule has 2 N–H and O–H groups in total. The Bertz CT molecular complexity index is 1590. The molecule has 0 aliphatic heterocycles. The fourth-order valence-corrected chi connectivity index (χ4v) is 12.2. The molecule has 86 heavy (non-hydrogen) atoms. The van der Waals surface area contributed by atoms with E-state index in [1.807, 2.05) is 27.2 Å². The number of carbonyl (C=O) groups is 1. The average molecular weight is 1230 g/mol. The molecule has 1 amide bonds. The lowest BCUT2D eigenvalue weighted by molar-refractivity contribution is -0.870. The molecule has 0 fully saturated rings. The molecular formula is C77H147N2O6P. The van der Waals surface area contributed by atoms with E-state index < -0.39 is 20.0 Å². The maximum absolute atomic E-state index is 13.1. The molecule has 3 unspecified atom stereocenters. The number of aliphatic hydroxyl groups is 1. The minimum atomic E-state index is -4.61. The van der Waals surface area contributed by atoms with Crippen LogP contribution in [0.1, 0.15) is 373 Å². The van der Waals surface area contributed by atoms with Gasteiger partial charge in [-0.05, 0) is 57.8 Å². The number of unbranched alkanes of at least 4 members (excludes halogenated alkanes) is 49. The summed E-state index contributed by atoms with van der Waals surface area (Å²) >= 11 is 0. The second-order valence-electron chi connectivity index (χ2n) is 27.0. The second kappa shape index (κ2) is 67.6. The van der Waals surface area contributed by atoms with Gasteiger partial charge in [-0.2, -0.15) is 0 Å². The molecule has 0 saturated heterocycles. The molecule has 0 aromatic rings. The molecule has 3 atom stereocenters. The minimum absolute atomic E-state index is 0.000563. The summed E-state index contributed by atoms with van der Waals surface area (Å²) in [5, 5.41) is 14.0. The third-order valence-electron chi connectivity index (χ3n) is 17.2. The summed E-state index contributed by atoms with van der Waals surface area (Å²) in [6.07, 6.45) is 93.7. The van der Waals surface area contributed by atoms with Crippen LogP contribution in [-0.4, -0.2) is 68.5 Å². The summed E-state index contributed by atoms with van der Waals surface area (Å²) in [6, 6.07) is -0.888. The van der Waals surface area contributed by atoms with Crippen molar-refractivity contribution in [1.29, 1.82) is 0 Å². The molecule has 0 aliphatic rings. The summed E-state index contributed by atoms with van der Waals surface area (Å²) in [7, 11) is 1.28. The fraction of sp³-hybridized carbons (Fsp3) is 0.857. The number of amides is 1. The Balaban J connectivity index is 3.97. The van der Waals surface area contributed by atoms with E-state index in [-0.39, 0.29) is 19.1 Å². The molecule has 0 heterocycles. The lowest BCUT2D eigenvalue weighted by Gasteiger charge is -2.29. The molecule has 8 nitrogen and oxygen atoms in total. The summed E-state index contributed by atoms with van der Waals surface area (Å²) in [4.78, 5) is 25.7. The fourth-order valence-electron chi connectivity index (χ4n) is 11.4. The van der Waals surface area contributed by atoms with E-state index in [1.54, 1.807) is 6.08 Å². The van der Waals surface area contributed by atoms with Gasteiger partial charge in [0.2, 0.25) is 5.91 Å². The van der Waals surface area contributed by atoms with E-state index in [4.69, 9.17) is 9.05 Å². The molecular weight excluding hydrogens is 1080 g/mol. The number of allylic oxidation sites excluding steroid dienone is 9. The standard InChI is InChI=1S/C77H147N2O6P/c1-6-8-10-12-14-16-18-20-22-24-26-28-30-32-34-35-36-37-38-39-40-41-42-43-45-47-49-51-53-55-57-59-61-63-65-67-69-71-77(81)78-75(74-85-86(82,83)84-73-72-79(3,4)5)76(80)70-68-66-64-62-60-58-56-54-52-50-48-46-44-33-31-29-27-25-23-21-19-17-15-13-11-9-7-2/h8,10,14,16,20,22,26,28,68,70,75-76,80H,6-7,9,11-13,15,17-19,21,23-25,27,29-67,69,71-74H2,1-5H3,(H-,78,81,82,83)/b10-8-,16-14-,22-20-,28-26-,70-68+. The van der Waals surface area contributed by atoms with Crippen LogP contribution in [0.25, 0.3) is 0 Å². The van der Waals surface area contributed by atoms with Gasteiger partial charge in [0.05, 0.1) is 39.9 Å². The second-order valence-corrected chi connectivity index (χ2v) is 28.4. The summed E-state index contributed by atoms with van der Waals surface area (Å²) < 4.78 is 23.5. The molecule has 0 aromatic carbocycles. The van der Waals surface area contributed by atoms with Gasteiger partial charge in [-0.15, -0.1) is 0 Å². The van der Waals surface area contributed by atoms with Crippen molar-refractivity contribution in [2.75, 3.05) is 40.9 Å². The smallest absolute Gasteiger partial charge is 0.268 e. The quantitative estimate of drug-likeness (QED) is 0.0272. The number of carbonyl (C=O) groups excluding carboxylic acids is 1. The van der Waals surface area contributed by atoms with Gasteiger partial charge in [0.25, 0.3) is 7.82 Å². The normalized spacial score (nSPS) is 13.9. The Morgan fingerprint density at radius 2 is 0.709 bits per heavy atom. The number of likely N-dealkylation sites (N-methyl/N-ethyl adjacent to an activating group) is 1. The lowest BCUT2D eigenvalue weighted by Crippen LogP contribution is -2.45.